The van der Waals surface area contributed by atoms with Gasteiger partial charge in [0.1, 0.15) is 23.7 Å². The number of nitrogens with zero attached hydrogens (tertiary/aromatic N) is 1. The summed E-state index contributed by atoms with van der Waals surface area (Å²) in [6, 6.07) is 19.4. The molecular formula is C26H21FN2O5. The number of Topliss-reactive ketones (excluding diaryl/α,β-unsaturated/α-hetero) is 2. The van der Waals surface area contributed by atoms with Gasteiger partial charge in [-0.2, -0.15) is 0 Å². The Morgan fingerprint density at radius 2 is 1.76 bits per heavy atom. The van der Waals surface area contributed by atoms with Crippen LogP contribution in [0.2, 0.25) is 0 Å². The van der Waals surface area contributed by atoms with Crippen molar-refractivity contribution in [2.45, 2.75) is 18.5 Å². The Hall–Kier alpha value is -3.72. The molecule has 0 bridgehead atoms. The van der Waals surface area contributed by atoms with Crippen LogP contribution in [0.4, 0.5) is 4.39 Å². The van der Waals surface area contributed by atoms with E-state index in [1.807, 2.05) is 24.3 Å². The van der Waals surface area contributed by atoms with Crippen LogP contribution in [0.25, 0.3) is 11.0 Å². The number of para-hydroxylation sites is 2. The second-order valence-corrected chi connectivity index (χ2v) is 7.92. The number of ether oxygens (including phenoxy) is 3. The highest BCUT2D eigenvalue weighted by atomic mass is 19.1. The van der Waals surface area contributed by atoms with Crippen molar-refractivity contribution in [2.24, 2.45) is 0 Å². The van der Waals surface area contributed by atoms with Gasteiger partial charge in [0.25, 0.3) is 6.48 Å². The van der Waals surface area contributed by atoms with E-state index in [0.29, 0.717) is 22.2 Å². The highest BCUT2D eigenvalue weighted by Crippen LogP contribution is 2.30. The SMILES string of the molecule is COC1OCC(c2cccc(C(=O)C(C(=O)c3cccc(F)c3)c3nc4ccccc4[nH]3)c2)O1. The zero-order valence-electron chi connectivity index (χ0n) is 18.2. The van der Waals surface area contributed by atoms with Crippen LogP contribution in [-0.2, 0) is 14.2 Å². The lowest BCUT2D eigenvalue weighted by atomic mass is 9.88. The average Bonchev–Trinajstić information content (AvgIpc) is 3.51. The standard InChI is InChI=1S/C26H21FN2O5/c1-32-26-33-14-21(34-26)15-6-4-7-16(12-15)23(30)22(24(31)17-8-5-9-18(27)13-17)25-28-19-10-2-3-11-20(19)29-25/h2-13,21-22,26H,14H2,1H3,(H,28,29). The molecule has 5 rings (SSSR count). The Morgan fingerprint density at radius 3 is 2.47 bits per heavy atom. The molecule has 3 unspecified atom stereocenters. The summed E-state index contributed by atoms with van der Waals surface area (Å²) in [5, 5.41) is 0. The third-order valence-electron chi connectivity index (χ3n) is 5.71. The molecule has 7 nitrogen and oxygen atoms in total. The predicted molar refractivity (Wildman–Crippen MR) is 121 cm³/mol. The molecule has 3 aromatic carbocycles. The molecule has 1 aliphatic rings. The minimum Gasteiger partial charge on any atom is -0.341 e. The van der Waals surface area contributed by atoms with Gasteiger partial charge in [0.15, 0.2) is 11.6 Å². The number of nitrogens with one attached hydrogen (secondary N) is 1. The second-order valence-electron chi connectivity index (χ2n) is 7.92. The number of rotatable bonds is 7. The van der Waals surface area contributed by atoms with E-state index < -0.39 is 35.9 Å². The van der Waals surface area contributed by atoms with Crippen LogP contribution in [0, 0.1) is 5.82 Å². The summed E-state index contributed by atoms with van der Waals surface area (Å²) in [5.41, 5.74) is 2.42. The number of methoxy groups -OCH3 is 1. The number of imidazole rings is 1. The Labute approximate surface area is 194 Å². The van der Waals surface area contributed by atoms with Crippen molar-refractivity contribution in [3.8, 4) is 0 Å². The Bertz CT molecular complexity index is 1340. The van der Waals surface area contributed by atoms with E-state index in [1.165, 1.54) is 25.3 Å². The highest BCUT2D eigenvalue weighted by molar-refractivity contribution is 6.19. The van der Waals surface area contributed by atoms with Gasteiger partial charge in [-0.3, -0.25) is 9.59 Å². The van der Waals surface area contributed by atoms with Crippen LogP contribution in [0.3, 0.4) is 0 Å². The molecule has 3 atom stereocenters. The minimum absolute atomic E-state index is 0.0884. The number of carbonyl (C=O) groups is 2. The number of aromatic nitrogens is 2. The zero-order valence-corrected chi connectivity index (χ0v) is 18.2. The van der Waals surface area contributed by atoms with Gasteiger partial charge in [0, 0.05) is 18.2 Å². The number of aromatic amines is 1. The summed E-state index contributed by atoms with van der Waals surface area (Å²) in [6.45, 7) is -0.507. The normalized spacial score (nSPS) is 18.8. The number of ketones is 2. The van der Waals surface area contributed by atoms with E-state index in [1.54, 1.807) is 24.3 Å². The lowest BCUT2D eigenvalue weighted by molar-refractivity contribution is -0.223. The number of halogens is 1. The molecule has 1 fully saturated rings. The van der Waals surface area contributed by atoms with Crippen LogP contribution in [0.5, 0.6) is 0 Å². The van der Waals surface area contributed by atoms with Crippen LogP contribution in [0.1, 0.15) is 44.1 Å². The van der Waals surface area contributed by atoms with Crippen LogP contribution >= 0.6 is 0 Å². The summed E-state index contributed by atoms with van der Waals surface area (Å²) in [4.78, 5) is 34.8. The van der Waals surface area contributed by atoms with Crippen molar-refractivity contribution in [3.63, 3.8) is 0 Å². The summed E-state index contributed by atoms with van der Waals surface area (Å²) in [7, 11) is 1.48. The highest BCUT2D eigenvalue weighted by Gasteiger charge is 2.34. The summed E-state index contributed by atoms with van der Waals surface area (Å²) >= 11 is 0. The number of hydrogen-bond acceptors (Lipinski definition) is 6. The van der Waals surface area contributed by atoms with E-state index in [9.17, 15) is 14.0 Å². The van der Waals surface area contributed by atoms with Crippen LogP contribution < -0.4 is 0 Å². The van der Waals surface area contributed by atoms with Gasteiger partial charge < -0.3 is 19.2 Å². The monoisotopic (exact) mass is 460 g/mol. The fourth-order valence-electron chi connectivity index (χ4n) is 4.02. The first-order valence-electron chi connectivity index (χ1n) is 10.7. The van der Waals surface area contributed by atoms with Crippen molar-refractivity contribution < 1.29 is 28.2 Å². The number of carbonyl (C=O) groups excluding carboxylic acids is 2. The molecule has 1 aliphatic heterocycles. The predicted octanol–water partition coefficient (Wildman–Crippen LogP) is 4.57. The first-order chi connectivity index (χ1) is 16.5. The maximum Gasteiger partial charge on any atom is 0.272 e. The van der Waals surface area contributed by atoms with E-state index in [2.05, 4.69) is 9.97 Å². The van der Waals surface area contributed by atoms with Crippen molar-refractivity contribution in [1.29, 1.82) is 0 Å². The van der Waals surface area contributed by atoms with Crippen LogP contribution in [-0.4, -0.2) is 41.7 Å². The van der Waals surface area contributed by atoms with E-state index in [0.717, 1.165) is 6.07 Å². The third kappa shape index (κ3) is 4.26. The lowest BCUT2D eigenvalue weighted by Crippen LogP contribution is -2.24. The first-order valence-corrected chi connectivity index (χ1v) is 10.7. The number of H-pyrrole nitrogens is 1. The number of benzene rings is 3. The molecule has 34 heavy (non-hydrogen) atoms. The summed E-state index contributed by atoms with van der Waals surface area (Å²) < 4.78 is 30.0. The third-order valence-corrected chi connectivity index (χ3v) is 5.71. The smallest absolute Gasteiger partial charge is 0.272 e. The van der Waals surface area contributed by atoms with Gasteiger partial charge in [-0.25, -0.2) is 9.37 Å². The molecule has 0 amide bonds. The van der Waals surface area contributed by atoms with Gasteiger partial charge in [-0.1, -0.05) is 42.5 Å². The fraction of sp³-hybridized carbons (Fsp3) is 0.192. The van der Waals surface area contributed by atoms with Crippen molar-refractivity contribution >= 4 is 22.6 Å². The zero-order chi connectivity index (χ0) is 23.7. The lowest BCUT2D eigenvalue weighted by Gasteiger charge is -2.15. The van der Waals surface area contributed by atoms with Crippen molar-refractivity contribution in [3.05, 3.63) is 101 Å². The Balaban J connectivity index is 1.54. The van der Waals surface area contributed by atoms with Gasteiger partial charge in [-0.15, -0.1) is 0 Å². The molecule has 0 spiro atoms. The molecule has 1 N–H and O–H groups in total. The topological polar surface area (TPSA) is 90.5 Å². The molecule has 1 aromatic heterocycles. The molecule has 4 aromatic rings. The maximum absolute atomic E-state index is 13.9. The van der Waals surface area contributed by atoms with E-state index >= 15 is 0 Å². The summed E-state index contributed by atoms with van der Waals surface area (Å²) in [6.07, 6.45) is -0.415. The van der Waals surface area contributed by atoms with E-state index in [4.69, 9.17) is 14.2 Å². The second kappa shape index (κ2) is 9.26. The summed E-state index contributed by atoms with van der Waals surface area (Å²) in [5.74, 6) is -2.65. The maximum atomic E-state index is 13.9. The molecule has 2 heterocycles. The van der Waals surface area contributed by atoms with Crippen molar-refractivity contribution in [2.75, 3.05) is 13.7 Å². The Kier molecular flexibility index (Phi) is 6.02. The van der Waals surface area contributed by atoms with Crippen LogP contribution in [0.15, 0.2) is 72.8 Å². The molecule has 172 valence electrons. The Morgan fingerprint density at radius 1 is 1.03 bits per heavy atom. The number of hydrogen-bond donors (Lipinski definition) is 1. The number of fused-ring (bicyclic) bond motifs is 1. The van der Waals surface area contributed by atoms with Crippen molar-refractivity contribution in [1.82, 2.24) is 9.97 Å². The van der Waals surface area contributed by atoms with Gasteiger partial charge in [0.2, 0.25) is 0 Å². The molecule has 8 heteroatoms. The fourth-order valence-corrected chi connectivity index (χ4v) is 4.02. The molecule has 0 aliphatic carbocycles. The average molecular weight is 460 g/mol. The quantitative estimate of drug-likeness (QED) is 0.321. The van der Waals surface area contributed by atoms with Gasteiger partial charge in [0.05, 0.1) is 17.6 Å². The van der Waals surface area contributed by atoms with Gasteiger partial charge in [-0.05, 0) is 35.9 Å². The largest absolute Gasteiger partial charge is 0.341 e. The first kappa shape index (κ1) is 22.1. The molecule has 1 saturated heterocycles. The van der Waals surface area contributed by atoms with E-state index in [-0.39, 0.29) is 18.0 Å². The minimum atomic E-state index is -1.28. The molecule has 0 saturated carbocycles. The molecular weight excluding hydrogens is 439 g/mol. The van der Waals surface area contributed by atoms with Gasteiger partial charge >= 0.3 is 0 Å². The molecule has 0 radical (unpaired) electrons.